The van der Waals surface area contributed by atoms with Gasteiger partial charge in [0.2, 0.25) is 0 Å². The van der Waals surface area contributed by atoms with Crippen LogP contribution in [0.4, 0.5) is 0 Å². The molecule has 0 spiro atoms. The summed E-state index contributed by atoms with van der Waals surface area (Å²) in [4.78, 5) is 24.8. The molecule has 7 nitrogen and oxygen atoms in total. The van der Waals surface area contributed by atoms with Crippen LogP contribution < -0.4 is 5.56 Å². The van der Waals surface area contributed by atoms with Gasteiger partial charge in [-0.25, -0.2) is 8.42 Å². The molecular weight excluding hydrogens is 332 g/mol. The molecule has 0 amide bonds. The van der Waals surface area contributed by atoms with Gasteiger partial charge in [0.05, 0.1) is 11.5 Å². The van der Waals surface area contributed by atoms with E-state index in [4.69, 9.17) is 4.74 Å². The molecule has 0 bridgehead atoms. The van der Waals surface area contributed by atoms with Crippen LogP contribution in [-0.4, -0.2) is 36.8 Å². The summed E-state index contributed by atoms with van der Waals surface area (Å²) >= 11 is 0. The molecule has 1 aromatic carbocycles. The number of nitrogens with zero attached hydrogens (tertiary/aromatic N) is 1. The Morgan fingerprint density at radius 2 is 1.96 bits per heavy atom. The fourth-order valence-electron chi connectivity index (χ4n) is 2.48. The van der Waals surface area contributed by atoms with Gasteiger partial charge in [-0.15, -0.1) is 0 Å². The van der Waals surface area contributed by atoms with Crippen molar-refractivity contribution >= 4 is 15.6 Å². The van der Waals surface area contributed by atoms with E-state index in [9.17, 15) is 18.0 Å². The van der Waals surface area contributed by atoms with Gasteiger partial charge in [0.15, 0.2) is 15.6 Å². The second-order valence-electron chi connectivity index (χ2n) is 5.50. The minimum Gasteiger partial charge on any atom is -0.377 e. The van der Waals surface area contributed by atoms with Gasteiger partial charge in [-0.3, -0.25) is 14.3 Å². The highest BCUT2D eigenvalue weighted by Gasteiger charge is 2.23. The summed E-state index contributed by atoms with van der Waals surface area (Å²) in [5, 5.41) is 2.65. The van der Waals surface area contributed by atoms with Crippen LogP contribution in [-0.2, 0) is 28.2 Å². The number of H-pyrrole nitrogens is 1. The lowest BCUT2D eigenvalue weighted by Gasteiger charge is -2.14. The molecule has 130 valence electrons. The van der Waals surface area contributed by atoms with E-state index in [0.29, 0.717) is 17.7 Å². The Hall–Kier alpha value is -2.19. The van der Waals surface area contributed by atoms with Crippen LogP contribution in [0.25, 0.3) is 0 Å². The minimum atomic E-state index is -3.46. The Labute approximate surface area is 140 Å². The number of aromatic nitrogens is 2. The molecule has 0 saturated heterocycles. The Kier molecular flexibility index (Phi) is 5.10. The molecule has 0 unspecified atom stereocenters. The Morgan fingerprint density at radius 3 is 2.46 bits per heavy atom. The number of carbonyl (C=O) groups is 1. The molecule has 1 N–H and O–H groups in total. The zero-order valence-electron chi connectivity index (χ0n) is 14.0. The second kappa shape index (κ2) is 6.74. The number of hydrogen-bond donors (Lipinski definition) is 1. The molecule has 0 aliphatic carbocycles. The quantitative estimate of drug-likeness (QED) is 0.788. The SMILES string of the molecule is CCOCc1c(S(C)(=O)=O)ccc(C(=O)c2c[nH]n(C)c2=O)c1C. The predicted octanol–water partition coefficient (Wildman–Crippen LogP) is 1.19. The topological polar surface area (TPSA) is 98.2 Å². The van der Waals surface area contributed by atoms with E-state index in [1.54, 1.807) is 13.8 Å². The van der Waals surface area contributed by atoms with Crippen molar-refractivity contribution in [1.82, 2.24) is 9.78 Å². The maximum absolute atomic E-state index is 12.7. The molecule has 2 rings (SSSR count). The first kappa shape index (κ1) is 18.2. The molecule has 0 radical (unpaired) electrons. The standard InChI is InChI=1S/C16H20N2O5S/c1-5-23-9-13-10(2)11(6-7-14(13)24(4,21)22)15(19)12-8-17-18(3)16(12)20/h6-8,17H,5,9H2,1-4H3. The molecule has 1 aromatic heterocycles. The third-order valence-corrected chi connectivity index (χ3v) is 5.01. The molecule has 0 fully saturated rings. The summed E-state index contributed by atoms with van der Waals surface area (Å²) in [6.45, 7) is 3.96. The van der Waals surface area contributed by atoms with E-state index in [1.165, 1.54) is 30.1 Å². The monoisotopic (exact) mass is 352 g/mol. The van der Waals surface area contributed by atoms with Gasteiger partial charge in [-0.2, -0.15) is 0 Å². The third-order valence-electron chi connectivity index (χ3n) is 3.83. The normalized spacial score (nSPS) is 11.7. The molecule has 24 heavy (non-hydrogen) atoms. The van der Waals surface area contributed by atoms with Crippen molar-refractivity contribution in [2.45, 2.75) is 25.3 Å². The number of ketones is 1. The lowest BCUT2D eigenvalue weighted by Crippen LogP contribution is -2.20. The number of hydrogen-bond acceptors (Lipinski definition) is 5. The van der Waals surface area contributed by atoms with Crippen molar-refractivity contribution in [2.24, 2.45) is 7.05 Å². The number of carbonyl (C=O) groups excluding carboxylic acids is 1. The molecule has 0 saturated carbocycles. The number of rotatable bonds is 6. The van der Waals surface area contributed by atoms with E-state index >= 15 is 0 Å². The van der Waals surface area contributed by atoms with Gasteiger partial charge in [0.25, 0.3) is 5.56 Å². The lowest BCUT2D eigenvalue weighted by atomic mass is 9.97. The molecule has 8 heteroatoms. The fraction of sp³-hybridized carbons (Fsp3) is 0.375. The molecule has 2 aromatic rings. The zero-order valence-corrected chi connectivity index (χ0v) is 14.9. The summed E-state index contributed by atoms with van der Waals surface area (Å²) in [5.41, 5.74) is 0.805. The summed E-state index contributed by atoms with van der Waals surface area (Å²) in [6.07, 6.45) is 2.46. The van der Waals surface area contributed by atoms with Crippen LogP contribution in [0, 0.1) is 6.92 Å². The number of benzene rings is 1. The lowest BCUT2D eigenvalue weighted by molar-refractivity contribution is 0.103. The Bertz CT molecular complexity index is 938. The van der Waals surface area contributed by atoms with E-state index in [-0.39, 0.29) is 22.6 Å². The van der Waals surface area contributed by atoms with E-state index in [1.807, 2.05) is 0 Å². The largest absolute Gasteiger partial charge is 0.377 e. The average molecular weight is 352 g/mol. The van der Waals surface area contributed by atoms with Crippen molar-refractivity contribution in [3.63, 3.8) is 0 Å². The van der Waals surface area contributed by atoms with Crippen molar-refractivity contribution in [3.05, 3.63) is 50.9 Å². The second-order valence-corrected chi connectivity index (χ2v) is 7.49. The van der Waals surface area contributed by atoms with Crippen LogP contribution in [0.5, 0.6) is 0 Å². The minimum absolute atomic E-state index is 0.00932. The van der Waals surface area contributed by atoms with Crippen LogP contribution in [0.1, 0.15) is 34.0 Å². The van der Waals surface area contributed by atoms with Crippen molar-refractivity contribution in [1.29, 1.82) is 0 Å². The van der Waals surface area contributed by atoms with Gasteiger partial charge in [-0.1, -0.05) is 0 Å². The smallest absolute Gasteiger partial charge is 0.277 e. The molecular formula is C16H20N2O5S. The predicted molar refractivity (Wildman–Crippen MR) is 89.1 cm³/mol. The number of ether oxygens (including phenoxy) is 1. The molecule has 1 heterocycles. The third kappa shape index (κ3) is 3.34. The maximum atomic E-state index is 12.7. The van der Waals surface area contributed by atoms with E-state index < -0.39 is 21.2 Å². The van der Waals surface area contributed by atoms with Crippen molar-refractivity contribution < 1.29 is 17.9 Å². The highest BCUT2D eigenvalue weighted by atomic mass is 32.2. The van der Waals surface area contributed by atoms with Crippen molar-refractivity contribution in [2.75, 3.05) is 12.9 Å². The van der Waals surface area contributed by atoms with E-state index in [2.05, 4.69) is 5.10 Å². The number of aromatic amines is 1. The Balaban J connectivity index is 2.62. The van der Waals surface area contributed by atoms with Crippen molar-refractivity contribution in [3.8, 4) is 0 Å². The highest BCUT2D eigenvalue weighted by molar-refractivity contribution is 7.90. The maximum Gasteiger partial charge on any atom is 0.277 e. The first-order valence-corrected chi connectivity index (χ1v) is 9.27. The van der Waals surface area contributed by atoms with Crippen LogP contribution in [0.2, 0.25) is 0 Å². The zero-order chi connectivity index (χ0) is 18.1. The fourth-order valence-corrected chi connectivity index (χ4v) is 3.45. The first-order valence-electron chi connectivity index (χ1n) is 7.37. The molecule has 0 aliphatic rings. The van der Waals surface area contributed by atoms with Crippen LogP contribution in [0.3, 0.4) is 0 Å². The first-order chi connectivity index (χ1) is 11.2. The highest BCUT2D eigenvalue weighted by Crippen LogP contribution is 2.25. The van der Waals surface area contributed by atoms with Gasteiger partial charge in [0.1, 0.15) is 5.56 Å². The summed E-state index contributed by atoms with van der Waals surface area (Å²) in [6, 6.07) is 2.83. The van der Waals surface area contributed by atoms with Crippen LogP contribution >= 0.6 is 0 Å². The van der Waals surface area contributed by atoms with Gasteiger partial charge in [0, 0.05) is 31.7 Å². The van der Waals surface area contributed by atoms with Gasteiger partial charge >= 0.3 is 0 Å². The summed E-state index contributed by atoms with van der Waals surface area (Å²) in [5.74, 6) is -0.452. The van der Waals surface area contributed by atoms with Crippen LogP contribution in [0.15, 0.2) is 28.0 Å². The summed E-state index contributed by atoms with van der Waals surface area (Å²) < 4.78 is 30.5. The Morgan fingerprint density at radius 1 is 1.29 bits per heavy atom. The summed E-state index contributed by atoms with van der Waals surface area (Å²) in [7, 11) is -1.95. The van der Waals surface area contributed by atoms with E-state index in [0.717, 1.165) is 6.26 Å². The van der Waals surface area contributed by atoms with Gasteiger partial charge < -0.3 is 9.84 Å². The number of nitrogens with one attached hydrogen (secondary N) is 1. The number of sulfone groups is 1. The molecule has 0 aliphatic heterocycles. The molecule has 0 atom stereocenters. The number of aryl methyl sites for hydroxylation is 1. The average Bonchev–Trinajstić information content (AvgIpc) is 2.84. The van der Waals surface area contributed by atoms with Gasteiger partial charge in [-0.05, 0) is 37.1 Å².